The summed E-state index contributed by atoms with van der Waals surface area (Å²) in [5.41, 5.74) is 7.44. The minimum atomic E-state index is 0.118. The Balaban J connectivity index is 2.67. The highest BCUT2D eigenvalue weighted by molar-refractivity contribution is 7.80. The first-order valence-corrected chi connectivity index (χ1v) is 6.14. The van der Waals surface area contributed by atoms with Crippen molar-refractivity contribution in [3.63, 3.8) is 0 Å². The number of nitrogens with two attached hydrogens (primary N) is 1. The maximum Gasteiger partial charge on any atom is 0.223 e. The van der Waals surface area contributed by atoms with Crippen LogP contribution in [0, 0.1) is 0 Å². The molecule has 0 fully saturated rings. The fraction of sp³-hybridized carbons (Fsp3) is 0.385. The monoisotopic (exact) mass is 265 g/mol. The molecule has 0 unspecified atom stereocenters. The second-order valence-corrected chi connectivity index (χ2v) is 4.81. The van der Waals surface area contributed by atoms with E-state index < -0.39 is 0 Å². The van der Waals surface area contributed by atoms with Crippen LogP contribution >= 0.6 is 12.2 Å². The molecule has 0 radical (unpaired) electrons. The van der Waals surface area contributed by atoms with Gasteiger partial charge < -0.3 is 15.5 Å². The Hall–Kier alpha value is -1.62. The number of amides is 1. The average molecular weight is 265 g/mol. The lowest BCUT2D eigenvalue weighted by molar-refractivity contribution is -0.128. The summed E-state index contributed by atoms with van der Waals surface area (Å²) in [5, 5.41) is 0. The number of hydrogen-bond donors (Lipinski definition) is 1. The smallest absolute Gasteiger partial charge is 0.223 e. The topological polar surface area (TPSA) is 49.6 Å². The van der Waals surface area contributed by atoms with Gasteiger partial charge in [0.2, 0.25) is 5.91 Å². The fourth-order valence-corrected chi connectivity index (χ4v) is 1.64. The van der Waals surface area contributed by atoms with Crippen LogP contribution in [-0.2, 0) is 4.79 Å². The van der Waals surface area contributed by atoms with Gasteiger partial charge in [-0.05, 0) is 12.1 Å². The van der Waals surface area contributed by atoms with Crippen molar-refractivity contribution in [1.82, 2.24) is 4.90 Å². The first-order valence-electron chi connectivity index (χ1n) is 5.73. The Labute approximate surface area is 113 Å². The summed E-state index contributed by atoms with van der Waals surface area (Å²) in [6.45, 7) is 0.664. The third-order valence-corrected chi connectivity index (χ3v) is 2.97. The summed E-state index contributed by atoms with van der Waals surface area (Å²) < 4.78 is 0. The average Bonchev–Trinajstić information content (AvgIpc) is 2.35. The fourth-order valence-electron chi connectivity index (χ4n) is 1.51. The number of benzene rings is 1. The summed E-state index contributed by atoms with van der Waals surface area (Å²) in [7, 11) is 5.47. The van der Waals surface area contributed by atoms with E-state index in [1.807, 2.05) is 36.2 Å². The van der Waals surface area contributed by atoms with Crippen molar-refractivity contribution in [1.29, 1.82) is 0 Å². The van der Waals surface area contributed by atoms with Crippen molar-refractivity contribution in [2.75, 3.05) is 32.6 Å². The normalized spacial score (nSPS) is 9.94. The third kappa shape index (κ3) is 4.00. The van der Waals surface area contributed by atoms with E-state index in [2.05, 4.69) is 0 Å². The van der Waals surface area contributed by atoms with E-state index in [4.69, 9.17) is 18.0 Å². The Kier molecular flexibility index (Phi) is 5.09. The van der Waals surface area contributed by atoms with Gasteiger partial charge in [-0.2, -0.15) is 0 Å². The summed E-state index contributed by atoms with van der Waals surface area (Å²) in [5.74, 6) is 0.118. The molecule has 0 saturated carbocycles. The second kappa shape index (κ2) is 6.35. The molecule has 1 aromatic rings. The minimum Gasteiger partial charge on any atom is -0.389 e. The molecule has 5 heteroatoms. The van der Waals surface area contributed by atoms with Gasteiger partial charge in [-0.1, -0.05) is 24.4 Å². The van der Waals surface area contributed by atoms with E-state index in [-0.39, 0.29) is 5.91 Å². The van der Waals surface area contributed by atoms with E-state index in [9.17, 15) is 4.79 Å². The van der Waals surface area contributed by atoms with Crippen molar-refractivity contribution in [3.05, 3.63) is 29.8 Å². The molecule has 98 valence electrons. The quantitative estimate of drug-likeness (QED) is 0.814. The van der Waals surface area contributed by atoms with Crippen LogP contribution < -0.4 is 10.6 Å². The lowest BCUT2D eigenvalue weighted by Crippen LogP contribution is -2.28. The molecule has 0 aliphatic carbocycles. The van der Waals surface area contributed by atoms with E-state index in [0.717, 1.165) is 11.3 Å². The molecule has 0 saturated heterocycles. The highest BCUT2D eigenvalue weighted by Crippen LogP contribution is 2.15. The number of thiocarbonyl (C=S) groups is 1. The number of anilines is 1. The Bertz CT molecular complexity index is 446. The van der Waals surface area contributed by atoms with Crippen LogP contribution in [0.1, 0.15) is 12.0 Å². The van der Waals surface area contributed by atoms with Gasteiger partial charge in [-0.3, -0.25) is 4.79 Å². The van der Waals surface area contributed by atoms with Gasteiger partial charge in [0, 0.05) is 45.4 Å². The van der Waals surface area contributed by atoms with E-state index in [1.54, 1.807) is 19.0 Å². The number of nitrogens with zero attached hydrogens (tertiary/aromatic N) is 2. The molecule has 1 rings (SSSR count). The zero-order chi connectivity index (χ0) is 13.7. The van der Waals surface area contributed by atoms with Crippen molar-refractivity contribution < 1.29 is 4.79 Å². The zero-order valence-corrected chi connectivity index (χ0v) is 11.8. The Morgan fingerprint density at radius 3 is 2.56 bits per heavy atom. The van der Waals surface area contributed by atoms with Crippen LogP contribution in [0.4, 0.5) is 5.69 Å². The highest BCUT2D eigenvalue weighted by Gasteiger charge is 2.07. The van der Waals surface area contributed by atoms with Gasteiger partial charge >= 0.3 is 0 Å². The van der Waals surface area contributed by atoms with Gasteiger partial charge in [0.05, 0.1) is 0 Å². The van der Waals surface area contributed by atoms with Crippen LogP contribution in [0.25, 0.3) is 0 Å². The van der Waals surface area contributed by atoms with E-state index in [0.29, 0.717) is 18.0 Å². The Morgan fingerprint density at radius 1 is 1.33 bits per heavy atom. The predicted octanol–water partition coefficient (Wildman–Crippen LogP) is 1.24. The Morgan fingerprint density at radius 2 is 2.00 bits per heavy atom. The molecular formula is C13H19N3OS. The molecule has 0 aromatic heterocycles. The number of rotatable bonds is 5. The summed E-state index contributed by atoms with van der Waals surface area (Å²) in [4.78, 5) is 15.5. The molecule has 0 spiro atoms. The zero-order valence-electron chi connectivity index (χ0n) is 11.0. The second-order valence-electron chi connectivity index (χ2n) is 4.37. The van der Waals surface area contributed by atoms with E-state index in [1.165, 1.54) is 0 Å². The van der Waals surface area contributed by atoms with E-state index >= 15 is 0 Å². The first-order chi connectivity index (χ1) is 8.41. The number of carbonyl (C=O) groups is 1. The molecule has 0 atom stereocenters. The highest BCUT2D eigenvalue weighted by atomic mass is 32.1. The molecule has 0 aliphatic heterocycles. The molecule has 4 nitrogen and oxygen atoms in total. The van der Waals surface area contributed by atoms with Crippen molar-refractivity contribution in [2.45, 2.75) is 6.42 Å². The molecule has 0 heterocycles. The van der Waals surface area contributed by atoms with Crippen LogP contribution in [0.2, 0.25) is 0 Å². The lowest BCUT2D eigenvalue weighted by Gasteiger charge is -2.20. The van der Waals surface area contributed by atoms with Gasteiger partial charge in [0.1, 0.15) is 4.99 Å². The maximum atomic E-state index is 11.5. The maximum absolute atomic E-state index is 11.5. The lowest BCUT2D eigenvalue weighted by atomic mass is 10.2. The summed E-state index contributed by atoms with van der Waals surface area (Å²) >= 11 is 4.95. The standard InChI is InChI=1S/C13H19N3OS/c1-15(2)12(17)7-8-16(3)11-6-4-5-10(9-11)13(14)18/h4-6,9H,7-8H2,1-3H3,(H2,14,18). The molecule has 18 heavy (non-hydrogen) atoms. The van der Waals surface area contributed by atoms with Crippen LogP contribution in [0.5, 0.6) is 0 Å². The molecule has 1 aromatic carbocycles. The molecule has 0 bridgehead atoms. The molecule has 2 N–H and O–H groups in total. The molecular weight excluding hydrogens is 246 g/mol. The van der Waals surface area contributed by atoms with Crippen LogP contribution in [0.15, 0.2) is 24.3 Å². The number of carbonyl (C=O) groups excluding carboxylic acids is 1. The van der Waals surface area contributed by atoms with Crippen molar-refractivity contribution in [2.24, 2.45) is 5.73 Å². The molecule has 0 aliphatic rings. The largest absolute Gasteiger partial charge is 0.389 e. The van der Waals surface area contributed by atoms with Crippen LogP contribution in [0.3, 0.4) is 0 Å². The van der Waals surface area contributed by atoms with Gasteiger partial charge in [-0.25, -0.2) is 0 Å². The van der Waals surface area contributed by atoms with Gasteiger partial charge in [0.25, 0.3) is 0 Å². The third-order valence-electron chi connectivity index (χ3n) is 2.73. The summed E-state index contributed by atoms with van der Waals surface area (Å²) in [6.07, 6.45) is 0.487. The van der Waals surface area contributed by atoms with Gasteiger partial charge in [0.15, 0.2) is 0 Å². The first kappa shape index (κ1) is 14.4. The number of hydrogen-bond acceptors (Lipinski definition) is 3. The van der Waals surface area contributed by atoms with Crippen molar-refractivity contribution >= 4 is 28.8 Å². The molecule has 1 amide bonds. The van der Waals surface area contributed by atoms with Gasteiger partial charge in [-0.15, -0.1) is 0 Å². The minimum absolute atomic E-state index is 0.118. The van der Waals surface area contributed by atoms with Crippen LogP contribution in [-0.4, -0.2) is 43.5 Å². The predicted molar refractivity (Wildman–Crippen MR) is 78.9 cm³/mol. The SMILES string of the molecule is CN(C)C(=O)CCN(C)c1cccc(C(N)=S)c1. The van der Waals surface area contributed by atoms with Crippen molar-refractivity contribution in [3.8, 4) is 0 Å². The summed E-state index contributed by atoms with van der Waals surface area (Å²) in [6, 6.07) is 7.70.